The lowest BCUT2D eigenvalue weighted by Gasteiger charge is -2.26. The van der Waals surface area contributed by atoms with Crippen molar-refractivity contribution in [2.45, 2.75) is 70.4 Å². The molecule has 1 saturated carbocycles. The number of aromatic carboxylic acids is 1. The Labute approximate surface area is 268 Å². The molecule has 3 aliphatic rings. The number of benzene rings is 3. The van der Waals surface area contributed by atoms with Gasteiger partial charge < -0.3 is 29.2 Å². The third-order valence-corrected chi connectivity index (χ3v) is 9.79. The van der Waals surface area contributed by atoms with Crippen molar-refractivity contribution in [3.05, 3.63) is 70.8 Å². The maximum atomic E-state index is 13.9. The highest BCUT2D eigenvalue weighted by Gasteiger charge is 2.34. The minimum atomic E-state index is -1.07. The molecule has 46 heavy (non-hydrogen) atoms. The number of methoxy groups -OCH3 is 2. The number of hydrogen-bond donors (Lipinski definition) is 2. The Morgan fingerprint density at radius 2 is 1.83 bits per heavy atom. The van der Waals surface area contributed by atoms with Gasteiger partial charge in [-0.3, -0.25) is 9.79 Å². The highest BCUT2D eigenvalue weighted by molar-refractivity contribution is 6.07. The molecule has 2 N–H and O–H groups in total. The van der Waals surface area contributed by atoms with E-state index in [9.17, 15) is 14.7 Å². The maximum Gasteiger partial charge on any atom is 0.339 e. The monoisotopic (exact) mass is 621 g/mol. The number of carbonyl (C=O) groups is 2. The van der Waals surface area contributed by atoms with Crippen molar-refractivity contribution < 1.29 is 28.9 Å². The van der Waals surface area contributed by atoms with Gasteiger partial charge in [-0.2, -0.15) is 0 Å². The summed E-state index contributed by atoms with van der Waals surface area (Å²) in [4.78, 5) is 30.4. The molecule has 0 spiro atoms. The smallest absolute Gasteiger partial charge is 0.339 e. The number of carboxylic acids is 1. The topological polar surface area (TPSA) is 111 Å². The van der Waals surface area contributed by atoms with Crippen molar-refractivity contribution in [1.82, 2.24) is 9.88 Å². The van der Waals surface area contributed by atoms with Crippen LogP contribution < -0.4 is 19.5 Å². The minimum absolute atomic E-state index is 0.0625. The Morgan fingerprint density at radius 1 is 1.02 bits per heavy atom. The number of hydrogen-bond acceptors (Lipinski definition) is 6. The summed E-state index contributed by atoms with van der Waals surface area (Å²) in [5.41, 5.74) is 6.69. The molecular formula is C37H39N3O6. The fourth-order valence-corrected chi connectivity index (χ4v) is 7.38. The van der Waals surface area contributed by atoms with Gasteiger partial charge in [0.25, 0.3) is 5.91 Å². The zero-order valence-corrected chi connectivity index (χ0v) is 26.7. The second kappa shape index (κ2) is 11.5. The van der Waals surface area contributed by atoms with E-state index in [1.54, 1.807) is 13.2 Å². The van der Waals surface area contributed by atoms with Crippen LogP contribution in [0.25, 0.3) is 22.2 Å². The van der Waals surface area contributed by atoms with E-state index in [1.807, 2.05) is 38.1 Å². The van der Waals surface area contributed by atoms with Crippen molar-refractivity contribution >= 4 is 34.2 Å². The van der Waals surface area contributed by atoms with E-state index in [-0.39, 0.29) is 11.5 Å². The minimum Gasteiger partial charge on any atom is -0.497 e. The second-order valence-corrected chi connectivity index (χ2v) is 13.0. The van der Waals surface area contributed by atoms with E-state index in [1.165, 1.54) is 49.1 Å². The van der Waals surface area contributed by atoms with E-state index in [4.69, 9.17) is 19.2 Å². The van der Waals surface area contributed by atoms with E-state index in [0.717, 1.165) is 46.7 Å². The third kappa shape index (κ3) is 5.07. The lowest BCUT2D eigenvalue weighted by atomic mass is 9.81. The number of carbonyl (C=O) groups excluding carboxylic acids is 1. The molecule has 4 aromatic rings. The molecule has 3 aromatic carbocycles. The first-order valence-electron chi connectivity index (χ1n) is 16.0. The number of fused-ring (bicyclic) bond motifs is 6. The van der Waals surface area contributed by atoms with Crippen molar-refractivity contribution in [1.29, 1.82) is 0 Å². The Bertz CT molecular complexity index is 1910. The average Bonchev–Trinajstić information content (AvgIpc) is 3.57. The van der Waals surface area contributed by atoms with Crippen molar-refractivity contribution in [3.8, 4) is 28.5 Å². The van der Waals surface area contributed by atoms with Gasteiger partial charge >= 0.3 is 5.97 Å². The van der Waals surface area contributed by atoms with Gasteiger partial charge in [-0.25, -0.2) is 4.79 Å². The summed E-state index contributed by atoms with van der Waals surface area (Å²) >= 11 is 0. The molecule has 0 atom stereocenters. The Hall–Kier alpha value is -4.79. The number of amides is 1. The predicted octanol–water partition coefficient (Wildman–Crippen LogP) is 7.30. The third-order valence-electron chi connectivity index (χ3n) is 9.79. The molecule has 0 radical (unpaired) electrons. The predicted molar refractivity (Wildman–Crippen MR) is 178 cm³/mol. The fourth-order valence-electron chi connectivity index (χ4n) is 7.38. The van der Waals surface area contributed by atoms with Crippen LogP contribution >= 0.6 is 0 Å². The molecule has 1 fully saturated rings. The van der Waals surface area contributed by atoms with Crippen LogP contribution in [0.3, 0.4) is 0 Å². The van der Waals surface area contributed by atoms with Crippen LogP contribution in [0.1, 0.15) is 83.7 Å². The van der Waals surface area contributed by atoms with Gasteiger partial charge in [-0.05, 0) is 80.1 Å². The molecule has 9 nitrogen and oxygen atoms in total. The number of ether oxygens (including phenoxy) is 3. The summed E-state index contributed by atoms with van der Waals surface area (Å²) in [7, 11) is 3.12. The van der Waals surface area contributed by atoms with Gasteiger partial charge in [0.2, 0.25) is 0 Å². The van der Waals surface area contributed by atoms with E-state index in [2.05, 4.69) is 22.0 Å². The number of rotatable bonds is 7. The summed E-state index contributed by atoms with van der Waals surface area (Å²) in [5.74, 6) is 1.06. The van der Waals surface area contributed by atoms with Gasteiger partial charge in [0.05, 0.1) is 37.7 Å². The SMILES string of the molecule is COc1ccc2c(c1)OCCn1c-2c(C2CCCCC2)c2ccc(C(=O)NC(C)(C)C3=Nc4cc(C(=O)O)c(OC)cc4C3)cc21. The number of aliphatic imine (C=N–C) groups is 1. The molecule has 1 aliphatic carbocycles. The van der Waals surface area contributed by atoms with Gasteiger partial charge in [0, 0.05) is 40.2 Å². The van der Waals surface area contributed by atoms with Crippen LogP contribution in [-0.2, 0) is 13.0 Å². The van der Waals surface area contributed by atoms with Gasteiger partial charge in [0.15, 0.2) is 0 Å². The van der Waals surface area contributed by atoms with Crippen molar-refractivity contribution in [2.75, 3.05) is 20.8 Å². The van der Waals surface area contributed by atoms with Crippen LogP contribution in [0, 0.1) is 0 Å². The molecule has 7 rings (SSSR count). The molecular weight excluding hydrogens is 582 g/mol. The largest absolute Gasteiger partial charge is 0.497 e. The molecule has 2 aliphatic heterocycles. The van der Waals surface area contributed by atoms with Crippen molar-refractivity contribution in [3.63, 3.8) is 0 Å². The Balaban J connectivity index is 1.24. The quantitative estimate of drug-likeness (QED) is 0.224. The van der Waals surface area contributed by atoms with Gasteiger partial charge in [-0.15, -0.1) is 0 Å². The normalized spacial score (nSPS) is 16.0. The molecule has 0 saturated heterocycles. The summed E-state index contributed by atoms with van der Waals surface area (Å²) in [6, 6.07) is 15.4. The second-order valence-electron chi connectivity index (χ2n) is 13.0. The Morgan fingerprint density at radius 3 is 2.57 bits per heavy atom. The van der Waals surface area contributed by atoms with E-state index in [0.29, 0.717) is 42.5 Å². The van der Waals surface area contributed by atoms with E-state index < -0.39 is 11.5 Å². The first-order valence-corrected chi connectivity index (χ1v) is 16.0. The molecule has 3 heterocycles. The number of nitrogens with one attached hydrogen (secondary N) is 1. The summed E-state index contributed by atoms with van der Waals surface area (Å²) in [5, 5.41) is 14.0. The first-order chi connectivity index (χ1) is 22.2. The highest BCUT2D eigenvalue weighted by atomic mass is 16.5. The van der Waals surface area contributed by atoms with Crippen LogP contribution in [0.2, 0.25) is 0 Å². The highest BCUT2D eigenvalue weighted by Crippen LogP contribution is 2.48. The first kappa shape index (κ1) is 29.9. The fraction of sp³-hybridized carbons (Fsp3) is 0.378. The zero-order valence-electron chi connectivity index (χ0n) is 26.7. The van der Waals surface area contributed by atoms with Crippen molar-refractivity contribution in [2.24, 2.45) is 4.99 Å². The maximum absolute atomic E-state index is 13.9. The molecule has 0 bridgehead atoms. The van der Waals surface area contributed by atoms with E-state index >= 15 is 0 Å². The molecule has 0 unspecified atom stereocenters. The molecule has 1 amide bonds. The zero-order chi connectivity index (χ0) is 32.2. The lowest BCUT2D eigenvalue weighted by Crippen LogP contribution is -2.49. The molecule has 238 valence electrons. The summed E-state index contributed by atoms with van der Waals surface area (Å²) < 4.78 is 19.4. The number of nitrogens with zero attached hydrogens (tertiary/aromatic N) is 2. The van der Waals surface area contributed by atoms with Gasteiger partial charge in [0.1, 0.15) is 29.4 Å². The lowest BCUT2D eigenvalue weighted by molar-refractivity contribution is 0.0693. The molecule has 9 heteroatoms. The standard InChI is InChI=1S/C37H39N3O6/c1-37(2,32-18-23-17-30(45-4)27(36(42)43)20-28(23)38-32)39-35(41)22-10-12-25-29(16-22)40-14-15-46-31-19-24(44-3)11-13-26(31)34(40)33(25)21-8-6-5-7-9-21/h10-13,16-17,19-21H,5-9,14-15,18H2,1-4H3,(H,39,41)(H,42,43). The molecule has 1 aromatic heterocycles. The summed E-state index contributed by atoms with van der Waals surface area (Å²) in [6.07, 6.45) is 6.50. The number of aromatic nitrogens is 1. The van der Waals surface area contributed by atoms with Crippen LogP contribution in [0.4, 0.5) is 5.69 Å². The Kier molecular flexibility index (Phi) is 7.50. The van der Waals surface area contributed by atoms with Crippen LogP contribution in [0.15, 0.2) is 53.5 Å². The van der Waals surface area contributed by atoms with Crippen LogP contribution in [-0.4, -0.2) is 53.6 Å². The van der Waals surface area contributed by atoms with Gasteiger partial charge in [-0.1, -0.05) is 25.3 Å². The van der Waals surface area contributed by atoms with Crippen LogP contribution in [0.5, 0.6) is 17.2 Å². The number of carboxylic acid groups (broad SMARTS) is 1. The average molecular weight is 622 g/mol. The summed E-state index contributed by atoms with van der Waals surface area (Å²) in [6.45, 7) is 5.04.